The SMILES string of the molecule is CCC[C@@H](CCC(C)(C)C)N1CC[C@@H](CC(=O)O)C[C@H]1c1ccc(C(F)(F)F)cc1. The van der Waals surface area contributed by atoms with E-state index in [1.165, 1.54) is 0 Å². The van der Waals surface area contributed by atoms with Crippen LogP contribution in [0.15, 0.2) is 24.3 Å². The van der Waals surface area contributed by atoms with Gasteiger partial charge < -0.3 is 5.11 Å². The summed E-state index contributed by atoms with van der Waals surface area (Å²) in [4.78, 5) is 13.7. The van der Waals surface area contributed by atoms with E-state index in [2.05, 4.69) is 32.6 Å². The lowest BCUT2D eigenvalue weighted by Crippen LogP contribution is -2.44. The molecule has 0 saturated carbocycles. The van der Waals surface area contributed by atoms with Crippen LogP contribution < -0.4 is 0 Å². The smallest absolute Gasteiger partial charge is 0.416 e. The average molecular weight is 428 g/mol. The summed E-state index contributed by atoms with van der Waals surface area (Å²) in [6.07, 6.45) is 1.46. The molecule has 0 aromatic heterocycles. The van der Waals surface area contributed by atoms with E-state index >= 15 is 0 Å². The molecule has 0 spiro atoms. The molecule has 1 aliphatic rings. The Kier molecular flexibility index (Phi) is 8.37. The Hall–Kier alpha value is -1.56. The van der Waals surface area contributed by atoms with Crippen LogP contribution in [0.5, 0.6) is 0 Å². The van der Waals surface area contributed by atoms with E-state index in [0.717, 1.165) is 56.3 Å². The van der Waals surface area contributed by atoms with Gasteiger partial charge in [0.25, 0.3) is 0 Å². The molecule has 3 atom stereocenters. The van der Waals surface area contributed by atoms with Crippen molar-refractivity contribution in [3.8, 4) is 0 Å². The number of halogens is 3. The van der Waals surface area contributed by atoms with E-state index in [4.69, 9.17) is 0 Å². The van der Waals surface area contributed by atoms with Crippen LogP contribution in [0, 0.1) is 11.3 Å². The molecule has 1 heterocycles. The van der Waals surface area contributed by atoms with Crippen molar-refractivity contribution in [2.45, 2.75) is 90.9 Å². The second kappa shape index (κ2) is 10.2. The zero-order chi connectivity index (χ0) is 22.5. The summed E-state index contributed by atoms with van der Waals surface area (Å²) in [6, 6.07) is 5.78. The number of nitrogens with zero attached hydrogens (tertiary/aromatic N) is 1. The van der Waals surface area contributed by atoms with Gasteiger partial charge in [0.15, 0.2) is 0 Å². The van der Waals surface area contributed by atoms with Gasteiger partial charge in [0.1, 0.15) is 0 Å². The normalized spacial score (nSPS) is 22.1. The number of hydrogen-bond donors (Lipinski definition) is 1. The molecule has 1 N–H and O–H groups in total. The van der Waals surface area contributed by atoms with Gasteiger partial charge in [0, 0.05) is 18.5 Å². The molecule has 170 valence electrons. The van der Waals surface area contributed by atoms with Crippen LogP contribution in [-0.4, -0.2) is 28.6 Å². The van der Waals surface area contributed by atoms with Gasteiger partial charge in [-0.1, -0.05) is 46.2 Å². The maximum atomic E-state index is 13.0. The van der Waals surface area contributed by atoms with Crippen molar-refractivity contribution in [2.75, 3.05) is 6.54 Å². The lowest BCUT2D eigenvalue weighted by atomic mass is 9.82. The van der Waals surface area contributed by atoms with Crippen LogP contribution in [0.2, 0.25) is 0 Å². The summed E-state index contributed by atoms with van der Waals surface area (Å²) in [7, 11) is 0. The van der Waals surface area contributed by atoms with E-state index in [9.17, 15) is 23.1 Å². The summed E-state index contributed by atoms with van der Waals surface area (Å²) >= 11 is 0. The molecule has 6 heteroatoms. The lowest BCUT2D eigenvalue weighted by Gasteiger charge is -2.45. The molecule has 1 aromatic carbocycles. The molecular formula is C24H36F3NO2. The number of rotatable bonds is 8. The number of carboxylic acid groups (broad SMARTS) is 1. The number of carboxylic acids is 1. The fourth-order valence-corrected chi connectivity index (χ4v) is 4.56. The van der Waals surface area contributed by atoms with Crippen molar-refractivity contribution < 1.29 is 23.1 Å². The van der Waals surface area contributed by atoms with Crippen LogP contribution in [0.3, 0.4) is 0 Å². The van der Waals surface area contributed by atoms with Crippen LogP contribution in [-0.2, 0) is 11.0 Å². The highest BCUT2D eigenvalue weighted by Gasteiger charge is 2.36. The van der Waals surface area contributed by atoms with Crippen LogP contribution >= 0.6 is 0 Å². The van der Waals surface area contributed by atoms with Crippen LogP contribution in [0.1, 0.15) is 89.8 Å². The minimum absolute atomic E-state index is 0.0399. The first-order valence-electron chi connectivity index (χ1n) is 11.1. The Balaban J connectivity index is 2.29. The molecule has 0 amide bonds. The van der Waals surface area contributed by atoms with Crippen molar-refractivity contribution in [3.05, 3.63) is 35.4 Å². The Morgan fingerprint density at radius 1 is 1.17 bits per heavy atom. The Morgan fingerprint density at radius 2 is 1.80 bits per heavy atom. The maximum absolute atomic E-state index is 13.0. The van der Waals surface area contributed by atoms with Gasteiger partial charge in [-0.2, -0.15) is 13.2 Å². The van der Waals surface area contributed by atoms with Crippen LogP contribution in [0.4, 0.5) is 13.2 Å². The van der Waals surface area contributed by atoms with Gasteiger partial charge in [-0.25, -0.2) is 0 Å². The molecular weight excluding hydrogens is 391 g/mol. The summed E-state index contributed by atoms with van der Waals surface area (Å²) in [5, 5.41) is 9.24. The van der Waals surface area contributed by atoms with E-state index in [-0.39, 0.29) is 23.8 Å². The molecule has 3 nitrogen and oxygen atoms in total. The summed E-state index contributed by atoms with van der Waals surface area (Å²) in [6.45, 7) is 9.63. The van der Waals surface area contributed by atoms with Gasteiger partial charge in [-0.15, -0.1) is 0 Å². The molecule has 1 saturated heterocycles. The van der Waals surface area contributed by atoms with Crippen molar-refractivity contribution in [2.24, 2.45) is 11.3 Å². The van der Waals surface area contributed by atoms with E-state index in [1.54, 1.807) is 12.1 Å². The van der Waals surface area contributed by atoms with E-state index in [0.29, 0.717) is 12.5 Å². The number of piperidine rings is 1. The molecule has 0 radical (unpaired) electrons. The molecule has 0 aliphatic carbocycles. The zero-order valence-electron chi connectivity index (χ0n) is 18.6. The highest BCUT2D eigenvalue weighted by molar-refractivity contribution is 5.67. The maximum Gasteiger partial charge on any atom is 0.416 e. The number of carbonyl (C=O) groups is 1. The van der Waals surface area contributed by atoms with Crippen molar-refractivity contribution in [3.63, 3.8) is 0 Å². The first-order chi connectivity index (χ1) is 13.9. The monoisotopic (exact) mass is 427 g/mol. The first-order valence-corrected chi connectivity index (χ1v) is 11.1. The molecule has 1 aromatic rings. The average Bonchev–Trinajstić information content (AvgIpc) is 2.63. The predicted molar refractivity (Wildman–Crippen MR) is 113 cm³/mol. The standard InChI is InChI=1S/C24H36F3NO2/c1-5-6-20(11-13-23(2,3)4)28-14-12-17(16-22(29)30)15-21(28)18-7-9-19(10-8-18)24(25,26)27/h7-10,17,20-21H,5-6,11-16H2,1-4H3,(H,29,30)/t17-,20+,21+/m1/s1. The minimum atomic E-state index is -4.35. The van der Waals surface area contributed by atoms with E-state index in [1.807, 2.05) is 0 Å². The highest BCUT2D eigenvalue weighted by atomic mass is 19.4. The van der Waals surface area contributed by atoms with Crippen molar-refractivity contribution in [1.29, 1.82) is 0 Å². The fourth-order valence-electron chi connectivity index (χ4n) is 4.56. The molecule has 30 heavy (non-hydrogen) atoms. The largest absolute Gasteiger partial charge is 0.481 e. The first kappa shape index (κ1) is 24.7. The number of aliphatic carboxylic acids is 1. The third-order valence-corrected chi connectivity index (χ3v) is 6.16. The predicted octanol–water partition coefficient (Wildman–Crippen LogP) is 6.93. The van der Waals surface area contributed by atoms with Gasteiger partial charge in [-0.05, 0) is 67.7 Å². The minimum Gasteiger partial charge on any atom is -0.481 e. The lowest BCUT2D eigenvalue weighted by molar-refractivity contribution is -0.139. The summed E-state index contributed by atoms with van der Waals surface area (Å²) in [5.74, 6) is -0.756. The topological polar surface area (TPSA) is 40.5 Å². The number of likely N-dealkylation sites (tertiary alicyclic amines) is 1. The van der Waals surface area contributed by atoms with Gasteiger partial charge in [-0.3, -0.25) is 9.69 Å². The third-order valence-electron chi connectivity index (χ3n) is 6.16. The van der Waals surface area contributed by atoms with Gasteiger partial charge in [0.2, 0.25) is 0 Å². The van der Waals surface area contributed by atoms with Crippen LogP contribution in [0.25, 0.3) is 0 Å². The Bertz CT molecular complexity index is 679. The Morgan fingerprint density at radius 3 is 2.30 bits per heavy atom. The Labute approximate surface area is 178 Å². The quantitative estimate of drug-likeness (QED) is 0.489. The fraction of sp³-hybridized carbons (Fsp3) is 0.708. The van der Waals surface area contributed by atoms with E-state index < -0.39 is 17.7 Å². The van der Waals surface area contributed by atoms with Gasteiger partial charge in [0.05, 0.1) is 5.56 Å². The second-order valence-electron chi connectivity index (χ2n) is 9.90. The molecule has 1 aliphatic heterocycles. The molecule has 0 bridgehead atoms. The zero-order valence-corrected chi connectivity index (χ0v) is 18.6. The molecule has 0 unspecified atom stereocenters. The highest BCUT2D eigenvalue weighted by Crippen LogP contribution is 2.40. The number of hydrogen-bond acceptors (Lipinski definition) is 2. The summed E-state index contributed by atoms with van der Waals surface area (Å²) < 4.78 is 39.0. The molecule has 2 rings (SSSR count). The molecule has 1 fully saturated rings. The third kappa shape index (κ3) is 7.29. The van der Waals surface area contributed by atoms with Gasteiger partial charge >= 0.3 is 12.1 Å². The number of alkyl halides is 3. The van der Waals surface area contributed by atoms with Crippen molar-refractivity contribution >= 4 is 5.97 Å². The summed E-state index contributed by atoms with van der Waals surface area (Å²) in [5.41, 5.74) is 0.431. The van der Waals surface area contributed by atoms with Crippen molar-refractivity contribution in [1.82, 2.24) is 4.90 Å². The number of benzene rings is 1. The second-order valence-corrected chi connectivity index (χ2v) is 9.90.